The smallest absolute Gasteiger partial charge is 0.265 e. The maximum absolute atomic E-state index is 12.6. The van der Waals surface area contributed by atoms with Crippen LogP contribution in [0.15, 0.2) is 42.5 Å². The van der Waals surface area contributed by atoms with Crippen LogP contribution in [0.2, 0.25) is 5.02 Å². The van der Waals surface area contributed by atoms with Gasteiger partial charge in [-0.2, -0.15) is 0 Å². The van der Waals surface area contributed by atoms with Crippen molar-refractivity contribution in [3.8, 4) is 0 Å². The maximum Gasteiger partial charge on any atom is 0.265 e. The summed E-state index contributed by atoms with van der Waals surface area (Å²) in [4.78, 5) is 38.3. The molecule has 0 bridgehead atoms. The topological polar surface area (TPSA) is 78.5 Å². The molecule has 3 rings (SSSR count). The molecule has 2 N–H and O–H groups in total. The van der Waals surface area contributed by atoms with Crippen molar-refractivity contribution in [2.75, 3.05) is 4.90 Å². The Hall–Kier alpha value is -2.70. The summed E-state index contributed by atoms with van der Waals surface area (Å²) in [7, 11) is 0. The number of hydrogen-bond donors (Lipinski definition) is 2. The molecule has 6 nitrogen and oxygen atoms in total. The van der Waals surface area contributed by atoms with Gasteiger partial charge in [0.05, 0.1) is 12.1 Å². The van der Waals surface area contributed by atoms with Crippen LogP contribution in [0, 0.1) is 13.8 Å². The number of nitrogens with one attached hydrogen (secondary N) is 2. The fourth-order valence-corrected chi connectivity index (χ4v) is 3.10. The van der Waals surface area contributed by atoms with Crippen LogP contribution >= 0.6 is 11.6 Å². The molecule has 1 atom stereocenters. The van der Waals surface area contributed by atoms with Crippen molar-refractivity contribution in [2.24, 2.45) is 0 Å². The fourth-order valence-electron chi connectivity index (χ4n) is 2.91. The van der Waals surface area contributed by atoms with E-state index in [1.807, 2.05) is 26.0 Å². The highest BCUT2D eigenvalue weighted by molar-refractivity contribution is 6.31. The summed E-state index contributed by atoms with van der Waals surface area (Å²) in [5.74, 6) is -1.14. The van der Waals surface area contributed by atoms with Gasteiger partial charge in [-0.3, -0.25) is 19.8 Å². The van der Waals surface area contributed by atoms with Crippen LogP contribution in [-0.2, 0) is 9.59 Å². The molecular weight excluding hydrogens is 354 g/mol. The standard InChI is InChI=1S/C19H18ClN3O3/c1-11-6-7-16(12(2)8-11)23-17(24)10-15(19(23)26)21-22-18(25)13-4-3-5-14(20)9-13/h3-9,15,21H,10H2,1-2H3,(H,22,25). The van der Waals surface area contributed by atoms with Gasteiger partial charge in [0.2, 0.25) is 5.91 Å². The van der Waals surface area contributed by atoms with E-state index in [0.29, 0.717) is 16.3 Å². The first-order chi connectivity index (χ1) is 12.4. The SMILES string of the molecule is Cc1ccc(N2C(=O)CC(NNC(=O)c3cccc(Cl)c3)C2=O)c(C)c1. The Morgan fingerprint density at radius 3 is 2.62 bits per heavy atom. The molecule has 1 aliphatic heterocycles. The van der Waals surface area contributed by atoms with Gasteiger partial charge < -0.3 is 0 Å². The highest BCUT2D eigenvalue weighted by Crippen LogP contribution is 2.26. The monoisotopic (exact) mass is 371 g/mol. The van der Waals surface area contributed by atoms with Gasteiger partial charge in [0.25, 0.3) is 11.8 Å². The molecule has 1 aliphatic rings. The minimum Gasteiger partial charge on any atom is -0.287 e. The van der Waals surface area contributed by atoms with Gasteiger partial charge in [-0.15, -0.1) is 0 Å². The molecule has 0 aromatic heterocycles. The van der Waals surface area contributed by atoms with Gasteiger partial charge in [0, 0.05) is 10.6 Å². The zero-order valence-electron chi connectivity index (χ0n) is 14.4. The lowest BCUT2D eigenvalue weighted by atomic mass is 10.1. The highest BCUT2D eigenvalue weighted by Gasteiger charge is 2.40. The Labute approximate surface area is 156 Å². The van der Waals surface area contributed by atoms with E-state index in [2.05, 4.69) is 10.9 Å². The van der Waals surface area contributed by atoms with Gasteiger partial charge in [-0.25, -0.2) is 10.3 Å². The number of anilines is 1. The average molecular weight is 372 g/mol. The first-order valence-corrected chi connectivity index (χ1v) is 8.50. The molecule has 0 saturated carbocycles. The summed E-state index contributed by atoms with van der Waals surface area (Å²) in [5, 5.41) is 0.436. The molecule has 1 saturated heterocycles. The summed E-state index contributed by atoms with van der Waals surface area (Å²) in [6, 6.07) is 11.1. The molecule has 1 fully saturated rings. The van der Waals surface area contributed by atoms with Crippen molar-refractivity contribution >= 4 is 35.0 Å². The fraction of sp³-hybridized carbons (Fsp3) is 0.211. The van der Waals surface area contributed by atoms with E-state index < -0.39 is 17.9 Å². The number of hydrazine groups is 1. The third-order valence-electron chi connectivity index (χ3n) is 4.19. The summed E-state index contributed by atoms with van der Waals surface area (Å²) < 4.78 is 0. The van der Waals surface area contributed by atoms with Crippen molar-refractivity contribution in [1.29, 1.82) is 0 Å². The Morgan fingerprint density at radius 1 is 1.15 bits per heavy atom. The number of carbonyl (C=O) groups is 3. The molecule has 1 heterocycles. The first kappa shape index (κ1) is 18.1. The Balaban J connectivity index is 1.70. The van der Waals surface area contributed by atoms with Crippen molar-refractivity contribution in [1.82, 2.24) is 10.9 Å². The minimum atomic E-state index is -0.814. The number of aryl methyl sites for hydroxylation is 2. The summed E-state index contributed by atoms with van der Waals surface area (Å²) in [6.07, 6.45) is -0.0258. The molecule has 0 aliphatic carbocycles. The van der Waals surface area contributed by atoms with Crippen LogP contribution in [0.4, 0.5) is 5.69 Å². The van der Waals surface area contributed by atoms with E-state index in [1.165, 1.54) is 6.07 Å². The quantitative estimate of drug-likeness (QED) is 0.639. The molecule has 2 aromatic rings. The largest absolute Gasteiger partial charge is 0.287 e. The second kappa shape index (κ2) is 7.27. The van der Waals surface area contributed by atoms with Gasteiger partial charge in [0.1, 0.15) is 6.04 Å². The molecule has 0 radical (unpaired) electrons. The second-order valence-corrected chi connectivity index (χ2v) is 6.66. The van der Waals surface area contributed by atoms with E-state index in [9.17, 15) is 14.4 Å². The molecular formula is C19H18ClN3O3. The number of nitrogens with zero attached hydrogens (tertiary/aromatic N) is 1. The second-order valence-electron chi connectivity index (χ2n) is 6.22. The summed E-state index contributed by atoms with van der Waals surface area (Å²) >= 11 is 5.87. The predicted octanol–water partition coefficient (Wildman–Crippen LogP) is 2.52. The van der Waals surface area contributed by atoms with Crippen LogP contribution in [0.3, 0.4) is 0 Å². The van der Waals surface area contributed by atoms with Crippen molar-refractivity contribution in [3.05, 3.63) is 64.2 Å². The minimum absolute atomic E-state index is 0.0258. The Bertz CT molecular complexity index is 897. The number of benzene rings is 2. The summed E-state index contributed by atoms with van der Waals surface area (Å²) in [5.41, 5.74) is 7.94. The number of halogens is 1. The predicted molar refractivity (Wildman–Crippen MR) is 98.9 cm³/mol. The molecule has 7 heteroatoms. The van der Waals surface area contributed by atoms with Crippen LogP contribution < -0.4 is 15.8 Å². The van der Waals surface area contributed by atoms with Crippen molar-refractivity contribution in [3.63, 3.8) is 0 Å². The molecule has 1 unspecified atom stereocenters. The lowest BCUT2D eigenvalue weighted by Crippen LogP contribution is -2.48. The van der Waals surface area contributed by atoms with E-state index in [1.54, 1.807) is 24.3 Å². The van der Waals surface area contributed by atoms with Gasteiger partial charge in [0.15, 0.2) is 0 Å². The van der Waals surface area contributed by atoms with E-state index >= 15 is 0 Å². The van der Waals surface area contributed by atoms with Crippen molar-refractivity contribution < 1.29 is 14.4 Å². The third-order valence-corrected chi connectivity index (χ3v) is 4.42. The molecule has 26 heavy (non-hydrogen) atoms. The molecule has 134 valence electrons. The number of imide groups is 1. The molecule has 2 aromatic carbocycles. The zero-order chi connectivity index (χ0) is 18.8. The Kier molecular flexibility index (Phi) is 5.06. The van der Waals surface area contributed by atoms with Gasteiger partial charge in [-0.05, 0) is 43.7 Å². The lowest BCUT2D eigenvalue weighted by Gasteiger charge is -2.18. The van der Waals surface area contributed by atoms with Crippen LogP contribution in [-0.4, -0.2) is 23.8 Å². The van der Waals surface area contributed by atoms with E-state index in [-0.39, 0.29) is 12.3 Å². The summed E-state index contributed by atoms with van der Waals surface area (Å²) in [6.45, 7) is 3.80. The van der Waals surface area contributed by atoms with Crippen LogP contribution in [0.1, 0.15) is 27.9 Å². The molecule has 0 spiro atoms. The third kappa shape index (κ3) is 3.61. The van der Waals surface area contributed by atoms with Crippen LogP contribution in [0.5, 0.6) is 0 Å². The van der Waals surface area contributed by atoms with E-state index in [4.69, 9.17) is 11.6 Å². The number of carbonyl (C=O) groups excluding carboxylic acids is 3. The number of amides is 3. The van der Waals surface area contributed by atoms with Gasteiger partial charge in [-0.1, -0.05) is 35.4 Å². The van der Waals surface area contributed by atoms with Crippen LogP contribution in [0.25, 0.3) is 0 Å². The number of rotatable bonds is 4. The Morgan fingerprint density at radius 2 is 1.92 bits per heavy atom. The van der Waals surface area contributed by atoms with E-state index in [0.717, 1.165) is 16.0 Å². The first-order valence-electron chi connectivity index (χ1n) is 8.12. The highest BCUT2D eigenvalue weighted by atomic mass is 35.5. The van der Waals surface area contributed by atoms with Gasteiger partial charge >= 0.3 is 0 Å². The maximum atomic E-state index is 12.6. The molecule has 3 amide bonds. The normalized spacial score (nSPS) is 16.9. The zero-order valence-corrected chi connectivity index (χ0v) is 15.1. The lowest BCUT2D eigenvalue weighted by molar-refractivity contribution is -0.121. The average Bonchev–Trinajstić information content (AvgIpc) is 2.87. The van der Waals surface area contributed by atoms with Crippen molar-refractivity contribution in [2.45, 2.75) is 26.3 Å². The number of hydrogen-bond acceptors (Lipinski definition) is 4.